The van der Waals surface area contributed by atoms with Gasteiger partial charge in [0.1, 0.15) is 0 Å². The highest BCUT2D eigenvalue weighted by Crippen LogP contribution is 2.10. The standard InChI is InChI=1S/C17H27N5O.HI/c1-3-15-5-4-6-16(13-15)20-17(18)19-7-8-21-9-11-22(12-10-21)14(2)23;/h4-6,13H,3,7-12H2,1-2H3,(H3,18,19,20);1H. The van der Waals surface area contributed by atoms with Crippen LogP contribution in [0.4, 0.5) is 5.69 Å². The van der Waals surface area contributed by atoms with Crippen molar-refractivity contribution in [2.24, 2.45) is 10.7 Å². The summed E-state index contributed by atoms with van der Waals surface area (Å²) in [4.78, 5) is 19.9. The minimum absolute atomic E-state index is 0. The zero-order chi connectivity index (χ0) is 16.7. The summed E-state index contributed by atoms with van der Waals surface area (Å²) < 4.78 is 0. The Morgan fingerprint density at radius 3 is 2.62 bits per heavy atom. The summed E-state index contributed by atoms with van der Waals surface area (Å²) in [6.45, 7) is 8.69. The summed E-state index contributed by atoms with van der Waals surface area (Å²) >= 11 is 0. The number of carbonyl (C=O) groups excluding carboxylic acids is 1. The van der Waals surface area contributed by atoms with Crippen LogP contribution >= 0.6 is 24.0 Å². The van der Waals surface area contributed by atoms with Crippen molar-refractivity contribution in [2.75, 3.05) is 44.6 Å². The van der Waals surface area contributed by atoms with Gasteiger partial charge in [-0.3, -0.25) is 14.7 Å². The molecular weight excluding hydrogens is 417 g/mol. The number of nitrogens with zero attached hydrogens (tertiary/aromatic N) is 3. The first-order chi connectivity index (χ1) is 11.1. The topological polar surface area (TPSA) is 74.0 Å². The average Bonchev–Trinajstić information content (AvgIpc) is 2.55. The Bertz CT molecular complexity index is 556. The second-order valence-corrected chi connectivity index (χ2v) is 5.79. The number of guanidine groups is 1. The van der Waals surface area contributed by atoms with Gasteiger partial charge in [0.2, 0.25) is 5.91 Å². The van der Waals surface area contributed by atoms with Gasteiger partial charge in [-0.1, -0.05) is 19.1 Å². The fourth-order valence-corrected chi connectivity index (χ4v) is 2.65. The van der Waals surface area contributed by atoms with Crippen molar-refractivity contribution in [3.05, 3.63) is 29.8 Å². The van der Waals surface area contributed by atoms with E-state index in [0.717, 1.165) is 44.8 Å². The fourth-order valence-electron chi connectivity index (χ4n) is 2.65. The van der Waals surface area contributed by atoms with Gasteiger partial charge in [0, 0.05) is 45.3 Å². The van der Waals surface area contributed by atoms with Crippen molar-refractivity contribution in [3.63, 3.8) is 0 Å². The first kappa shape index (κ1) is 20.7. The normalized spacial score (nSPS) is 15.8. The Balaban J connectivity index is 0.00000288. The molecule has 1 fully saturated rings. The van der Waals surface area contributed by atoms with E-state index in [9.17, 15) is 4.79 Å². The van der Waals surface area contributed by atoms with Gasteiger partial charge < -0.3 is 16.0 Å². The molecule has 0 bridgehead atoms. The molecule has 0 unspecified atom stereocenters. The maximum Gasteiger partial charge on any atom is 0.219 e. The molecular formula is C17H28IN5O. The molecule has 0 atom stereocenters. The number of aryl methyl sites for hydroxylation is 1. The van der Waals surface area contributed by atoms with Crippen LogP contribution in [0.3, 0.4) is 0 Å². The summed E-state index contributed by atoms with van der Waals surface area (Å²) in [6, 6.07) is 8.19. The Morgan fingerprint density at radius 1 is 1.29 bits per heavy atom. The number of hydrogen-bond acceptors (Lipinski definition) is 3. The number of amides is 1. The largest absolute Gasteiger partial charge is 0.370 e. The second kappa shape index (κ2) is 10.5. The van der Waals surface area contributed by atoms with Crippen molar-refractivity contribution in [2.45, 2.75) is 20.3 Å². The lowest BCUT2D eigenvalue weighted by Gasteiger charge is -2.33. The second-order valence-electron chi connectivity index (χ2n) is 5.79. The maximum atomic E-state index is 11.3. The summed E-state index contributed by atoms with van der Waals surface area (Å²) in [5.41, 5.74) is 8.18. The molecule has 134 valence electrons. The van der Waals surface area contributed by atoms with Gasteiger partial charge in [-0.05, 0) is 24.1 Å². The molecule has 1 amide bonds. The molecule has 24 heavy (non-hydrogen) atoms. The maximum absolute atomic E-state index is 11.3. The molecule has 1 aromatic carbocycles. The highest BCUT2D eigenvalue weighted by Gasteiger charge is 2.17. The highest BCUT2D eigenvalue weighted by atomic mass is 127. The van der Waals surface area contributed by atoms with E-state index in [-0.39, 0.29) is 29.9 Å². The molecule has 7 heteroatoms. The Kier molecular flexibility index (Phi) is 9.05. The Morgan fingerprint density at radius 2 is 2.00 bits per heavy atom. The van der Waals surface area contributed by atoms with Gasteiger partial charge in [0.05, 0.1) is 6.54 Å². The van der Waals surface area contributed by atoms with E-state index < -0.39 is 0 Å². The lowest BCUT2D eigenvalue weighted by molar-refractivity contribution is -0.130. The first-order valence-electron chi connectivity index (χ1n) is 8.22. The van der Waals surface area contributed by atoms with Gasteiger partial charge in [-0.25, -0.2) is 0 Å². The molecule has 1 aromatic rings. The summed E-state index contributed by atoms with van der Waals surface area (Å²) in [5.74, 6) is 0.603. The van der Waals surface area contributed by atoms with Crippen LogP contribution in [-0.2, 0) is 11.2 Å². The lowest BCUT2D eigenvalue weighted by atomic mass is 10.1. The third kappa shape index (κ3) is 6.64. The van der Waals surface area contributed by atoms with Crippen LogP contribution in [0.5, 0.6) is 0 Å². The van der Waals surface area contributed by atoms with Crippen LogP contribution in [0.15, 0.2) is 29.3 Å². The van der Waals surface area contributed by atoms with E-state index >= 15 is 0 Å². The molecule has 0 spiro atoms. The number of anilines is 1. The predicted molar refractivity (Wildman–Crippen MR) is 110 cm³/mol. The molecule has 6 nitrogen and oxygen atoms in total. The molecule has 0 saturated carbocycles. The smallest absolute Gasteiger partial charge is 0.219 e. The summed E-state index contributed by atoms with van der Waals surface area (Å²) in [5, 5.41) is 3.13. The minimum Gasteiger partial charge on any atom is -0.370 e. The highest BCUT2D eigenvalue weighted by molar-refractivity contribution is 14.0. The van der Waals surface area contributed by atoms with Crippen molar-refractivity contribution in [1.29, 1.82) is 0 Å². The molecule has 3 N–H and O–H groups in total. The average molecular weight is 445 g/mol. The number of nitrogens with one attached hydrogen (secondary N) is 1. The Hall–Kier alpha value is -1.35. The Labute approximate surface area is 161 Å². The first-order valence-corrected chi connectivity index (χ1v) is 8.22. The third-order valence-corrected chi connectivity index (χ3v) is 4.12. The van der Waals surface area contributed by atoms with E-state index in [2.05, 4.69) is 34.3 Å². The van der Waals surface area contributed by atoms with Gasteiger partial charge in [0.25, 0.3) is 0 Å². The van der Waals surface area contributed by atoms with E-state index in [1.54, 1.807) is 6.92 Å². The number of rotatable bonds is 5. The van der Waals surface area contributed by atoms with Gasteiger partial charge in [0.15, 0.2) is 5.96 Å². The zero-order valence-electron chi connectivity index (χ0n) is 14.5. The molecule has 1 aliphatic rings. The quantitative estimate of drug-likeness (QED) is 0.412. The molecule has 0 aliphatic carbocycles. The van der Waals surface area contributed by atoms with E-state index in [4.69, 9.17) is 5.73 Å². The van der Waals surface area contributed by atoms with Crippen molar-refractivity contribution in [1.82, 2.24) is 9.80 Å². The number of aliphatic imine (C=N–C) groups is 1. The lowest BCUT2D eigenvalue weighted by Crippen LogP contribution is -2.48. The van der Waals surface area contributed by atoms with E-state index in [1.807, 2.05) is 17.0 Å². The van der Waals surface area contributed by atoms with Crippen LogP contribution in [0.25, 0.3) is 0 Å². The minimum atomic E-state index is 0. The number of hydrogen-bond donors (Lipinski definition) is 2. The van der Waals surface area contributed by atoms with Crippen LogP contribution in [0.1, 0.15) is 19.4 Å². The van der Waals surface area contributed by atoms with Crippen LogP contribution in [-0.4, -0.2) is 60.9 Å². The van der Waals surface area contributed by atoms with Gasteiger partial charge in [-0.2, -0.15) is 0 Å². The SMILES string of the molecule is CCc1cccc(NC(N)=NCCN2CCN(C(C)=O)CC2)c1.I. The summed E-state index contributed by atoms with van der Waals surface area (Å²) in [7, 11) is 0. The number of nitrogens with two attached hydrogens (primary N) is 1. The van der Waals surface area contributed by atoms with Crippen LogP contribution < -0.4 is 11.1 Å². The molecule has 0 radical (unpaired) electrons. The molecule has 2 rings (SSSR count). The number of halogens is 1. The van der Waals surface area contributed by atoms with Crippen LogP contribution in [0, 0.1) is 0 Å². The predicted octanol–water partition coefficient (Wildman–Crippen LogP) is 1.76. The molecule has 1 saturated heterocycles. The molecule has 1 heterocycles. The number of piperazine rings is 1. The number of benzene rings is 1. The van der Waals surface area contributed by atoms with Crippen molar-refractivity contribution < 1.29 is 4.79 Å². The molecule has 1 aliphatic heterocycles. The van der Waals surface area contributed by atoms with Crippen molar-refractivity contribution >= 4 is 41.5 Å². The third-order valence-electron chi connectivity index (χ3n) is 4.12. The molecule has 0 aromatic heterocycles. The fraction of sp³-hybridized carbons (Fsp3) is 0.529. The van der Waals surface area contributed by atoms with Gasteiger partial charge >= 0.3 is 0 Å². The monoisotopic (exact) mass is 445 g/mol. The number of carbonyl (C=O) groups is 1. The van der Waals surface area contributed by atoms with Gasteiger partial charge in [-0.15, -0.1) is 24.0 Å². The van der Waals surface area contributed by atoms with E-state index in [1.165, 1.54) is 5.56 Å². The summed E-state index contributed by atoms with van der Waals surface area (Å²) in [6.07, 6.45) is 0.999. The zero-order valence-corrected chi connectivity index (χ0v) is 16.8. The van der Waals surface area contributed by atoms with Crippen LogP contribution in [0.2, 0.25) is 0 Å². The van der Waals surface area contributed by atoms with E-state index in [0.29, 0.717) is 12.5 Å². The van der Waals surface area contributed by atoms with Crippen molar-refractivity contribution in [3.8, 4) is 0 Å².